The molecular formula is C14H12N2O3. The van der Waals surface area contributed by atoms with Crippen LogP contribution in [0.3, 0.4) is 0 Å². The van der Waals surface area contributed by atoms with Crippen LogP contribution >= 0.6 is 0 Å². The van der Waals surface area contributed by atoms with Gasteiger partial charge in [-0.15, -0.1) is 0 Å². The second-order valence-electron chi connectivity index (χ2n) is 3.96. The fourth-order valence-corrected chi connectivity index (χ4v) is 2.00. The third kappa shape index (κ3) is 1.97. The summed E-state index contributed by atoms with van der Waals surface area (Å²) in [6, 6.07) is 8.89. The Morgan fingerprint density at radius 1 is 1.42 bits per heavy atom. The predicted octanol–water partition coefficient (Wildman–Crippen LogP) is 1.59. The average molecular weight is 256 g/mol. The molecule has 0 unspecified atom stereocenters. The number of nitriles is 1. The van der Waals surface area contributed by atoms with Crippen molar-refractivity contribution < 1.29 is 9.53 Å². The second-order valence-corrected chi connectivity index (χ2v) is 3.96. The third-order valence-electron chi connectivity index (χ3n) is 2.89. The summed E-state index contributed by atoms with van der Waals surface area (Å²) in [5.74, 6) is -0.759. The maximum atomic E-state index is 12.2. The van der Waals surface area contributed by atoms with Crippen molar-refractivity contribution in [3.8, 4) is 6.07 Å². The minimum atomic E-state index is -0.759. The summed E-state index contributed by atoms with van der Waals surface area (Å²) >= 11 is 0. The first-order chi connectivity index (χ1) is 9.11. The monoisotopic (exact) mass is 256 g/mol. The second kappa shape index (κ2) is 4.94. The molecule has 0 radical (unpaired) electrons. The van der Waals surface area contributed by atoms with Crippen LogP contribution in [0.5, 0.6) is 0 Å². The van der Waals surface area contributed by atoms with E-state index in [2.05, 4.69) is 0 Å². The van der Waals surface area contributed by atoms with Gasteiger partial charge in [-0.3, -0.25) is 4.79 Å². The zero-order valence-corrected chi connectivity index (χ0v) is 10.6. The smallest absolute Gasteiger partial charge is 0.345 e. The molecule has 1 heterocycles. The summed E-state index contributed by atoms with van der Waals surface area (Å²) in [5, 5.41) is 9.81. The Labute approximate surface area is 109 Å². The number of ether oxygens (including phenoxy) is 1. The Hall–Kier alpha value is -2.61. The summed E-state index contributed by atoms with van der Waals surface area (Å²) in [6.07, 6.45) is 0. The first-order valence-electron chi connectivity index (χ1n) is 5.80. The lowest BCUT2D eigenvalue weighted by atomic mass is 10.0. The zero-order valence-electron chi connectivity index (χ0n) is 10.6. The van der Waals surface area contributed by atoms with Gasteiger partial charge < -0.3 is 9.30 Å². The Bertz CT molecular complexity index is 754. The molecule has 0 aliphatic heterocycles. The molecule has 19 heavy (non-hydrogen) atoms. The maximum absolute atomic E-state index is 12.2. The van der Waals surface area contributed by atoms with Crippen LogP contribution in [0.4, 0.5) is 0 Å². The van der Waals surface area contributed by atoms with Crippen LogP contribution in [0.25, 0.3) is 10.9 Å². The first kappa shape index (κ1) is 12.8. The fourth-order valence-electron chi connectivity index (χ4n) is 2.00. The lowest BCUT2D eigenvalue weighted by Gasteiger charge is -2.10. The maximum Gasteiger partial charge on any atom is 0.345 e. The Morgan fingerprint density at radius 3 is 2.74 bits per heavy atom. The van der Waals surface area contributed by atoms with Crippen LogP contribution in [0.1, 0.15) is 22.8 Å². The van der Waals surface area contributed by atoms with Crippen LogP contribution < -0.4 is 5.56 Å². The van der Waals surface area contributed by atoms with E-state index in [1.54, 1.807) is 38.2 Å². The number of hydrogen-bond donors (Lipinski definition) is 0. The summed E-state index contributed by atoms with van der Waals surface area (Å²) in [5.41, 5.74) is -0.0477. The third-order valence-corrected chi connectivity index (χ3v) is 2.89. The van der Waals surface area contributed by atoms with Crippen LogP contribution in [0.15, 0.2) is 29.1 Å². The zero-order chi connectivity index (χ0) is 14.0. The summed E-state index contributed by atoms with van der Waals surface area (Å²) in [7, 11) is 1.56. The molecule has 0 bridgehead atoms. The number of rotatable bonds is 2. The molecule has 0 aliphatic rings. The van der Waals surface area contributed by atoms with E-state index in [0.29, 0.717) is 10.9 Å². The van der Waals surface area contributed by atoms with E-state index in [9.17, 15) is 14.9 Å². The highest BCUT2D eigenvalue weighted by atomic mass is 16.5. The standard InChI is InChI=1S/C14H12N2O3/c1-3-19-14(18)12-10(8-15)9-6-4-5-7-11(9)16(2)13(12)17/h4-7H,3H2,1-2H3. The topological polar surface area (TPSA) is 72.1 Å². The number of esters is 1. The van der Waals surface area contributed by atoms with Gasteiger partial charge in [0.05, 0.1) is 17.7 Å². The molecule has 0 atom stereocenters. The molecular weight excluding hydrogens is 244 g/mol. The van der Waals surface area contributed by atoms with Crippen molar-refractivity contribution in [2.45, 2.75) is 6.92 Å². The van der Waals surface area contributed by atoms with Gasteiger partial charge in [0.25, 0.3) is 5.56 Å². The van der Waals surface area contributed by atoms with E-state index in [1.807, 2.05) is 6.07 Å². The molecule has 0 saturated heterocycles. The van der Waals surface area contributed by atoms with Crippen LogP contribution in [0.2, 0.25) is 0 Å². The summed E-state index contributed by atoms with van der Waals surface area (Å²) in [6.45, 7) is 1.80. The van der Waals surface area contributed by atoms with Gasteiger partial charge in [-0.05, 0) is 13.0 Å². The van der Waals surface area contributed by atoms with Crippen molar-refractivity contribution in [2.75, 3.05) is 6.61 Å². The SMILES string of the molecule is CCOC(=O)c1c(C#N)c2ccccc2n(C)c1=O. The number of pyridine rings is 1. The number of hydrogen-bond acceptors (Lipinski definition) is 4. The number of nitrogens with zero attached hydrogens (tertiary/aromatic N) is 2. The predicted molar refractivity (Wildman–Crippen MR) is 69.9 cm³/mol. The number of aryl methyl sites for hydroxylation is 1. The largest absolute Gasteiger partial charge is 0.462 e. The van der Waals surface area contributed by atoms with Gasteiger partial charge >= 0.3 is 5.97 Å². The van der Waals surface area contributed by atoms with E-state index in [0.717, 1.165) is 0 Å². The van der Waals surface area contributed by atoms with E-state index >= 15 is 0 Å². The van der Waals surface area contributed by atoms with Crippen LogP contribution in [-0.2, 0) is 11.8 Å². The van der Waals surface area contributed by atoms with Gasteiger partial charge in [-0.2, -0.15) is 5.26 Å². The molecule has 0 aliphatic carbocycles. The van der Waals surface area contributed by atoms with Crippen molar-refractivity contribution in [2.24, 2.45) is 7.05 Å². The molecule has 96 valence electrons. The van der Waals surface area contributed by atoms with Crippen molar-refractivity contribution in [1.82, 2.24) is 4.57 Å². The molecule has 0 N–H and O–H groups in total. The Balaban J connectivity index is 2.92. The minimum Gasteiger partial charge on any atom is -0.462 e. The number of para-hydroxylation sites is 1. The normalized spacial score (nSPS) is 10.2. The number of carbonyl (C=O) groups is 1. The number of aromatic nitrogens is 1. The van der Waals surface area contributed by atoms with Gasteiger partial charge in [0.2, 0.25) is 0 Å². The first-order valence-corrected chi connectivity index (χ1v) is 5.80. The highest BCUT2D eigenvalue weighted by molar-refractivity contribution is 5.99. The number of fused-ring (bicyclic) bond motifs is 1. The highest BCUT2D eigenvalue weighted by Gasteiger charge is 2.21. The van der Waals surface area contributed by atoms with E-state index < -0.39 is 11.5 Å². The summed E-state index contributed by atoms with van der Waals surface area (Å²) < 4.78 is 6.20. The molecule has 5 nitrogen and oxygen atoms in total. The highest BCUT2D eigenvalue weighted by Crippen LogP contribution is 2.19. The lowest BCUT2D eigenvalue weighted by Crippen LogP contribution is -2.27. The molecule has 2 rings (SSSR count). The van der Waals surface area contributed by atoms with E-state index in [-0.39, 0.29) is 17.7 Å². The van der Waals surface area contributed by atoms with Gasteiger partial charge in [-0.1, -0.05) is 18.2 Å². The molecule has 0 saturated carbocycles. The summed E-state index contributed by atoms with van der Waals surface area (Å²) in [4.78, 5) is 24.0. The number of carbonyl (C=O) groups excluding carboxylic acids is 1. The van der Waals surface area contributed by atoms with Crippen molar-refractivity contribution >= 4 is 16.9 Å². The van der Waals surface area contributed by atoms with Crippen LogP contribution in [0, 0.1) is 11.3 Å². The fraction of sp³-hybridized carbons (Fsp3) is 0.214. The molecule has 1 aromatic carbocycles. The van der Waals surface area contributed by atoms with Gasteiger partial charge in [0.15, 0.2) is 0 Å². The van der Waals surface area contributed by atoms with Crippen molar-refractivity contribution in [3.05, 3.63) is 45.7 Å². The quantitative estimate of drug-likeness (QED) is 0.765. The lowest BCUT2D eigenvalue weighted by molar-refractivity contribution is 0.0523. The molecule has 2 aromatic rings. The molecule has 0 fully saturated rings. The van der Waals surface area contributed by atoms with Gasteiger partial charge in [0, 0.05) is 12.4 Å². The average Bonchev–Trinajstić information content (AvgIpc) is 2.42. The van der Waals surface area contributed by atoms with Crippen LogP contribution in [-0.4, -0.2) is 17.1 Å². The molecule has 0 spiro atoms. The van der Waals surface area contributed by atoms with Crippen molar-refractivity contribution in [3.63, 3.8) is 0 Å². The van der Waals surface area contributed by atoms with Gasteiger partial charge in [0.1, 0.15) is 11.6 Å². The number of benzene rings is 1. The molecule has 5 heteroatoms. The Morgan fingerprint density at radius 2 is 2.11 bits per heavy atom. The Kier molecular flexibility index (Phi) is 3.34. The van der Waals surface area contributed by atoms with E-state index in [4.69, 9.17) is 4.74 Å². The molecule has 1 aromatic heterocycles. The van der Waals surface area contributed by atoms with Gasteiger partial charge in [-0.25, -0.2) is 4.79 Å². The molecule has 0 amide bonds. The van der Waals surface area contributed by atoms with E-state index in [1.165, 1.54) is 4.57 Å². The minimum absolute atomic E-state index is 0.0668. The van der Waals surface area contributed by atoms with Crippen molar-refractivity contribution in [1.29, 1.82) is 5.26 Å².